The van der Waals surface area contributed by atoms with Gasteiger partial charge in [0.05, 0.1) is 10.0 Å². The fraction of sp³-hybridized carbons (Fsp3) is 0.500. The van der Waals surface area contributed by atoms with Crippen molar-refractivity contribution >= 4 is 50.1 Å². The molecule has 7 heteroatoms. The van der Waals surface area contributed by atoms with Crippen molar-refractivity contribution in [2.24, 2.45) is 0 Å². The minimum absolute atomic E-state index is 0.0245. The van der Waals surface area contributed by atoms with Gasteiger partial charge in [-0.25, -0.2) is 0 Å². The predicted octanol–water partition coefficient (Wildman–Crippen LogP) is 4.53. The van der Waals surface area contributed by atoms with Gasteiger partial charge in [-0.3, -0.25) is 8.36 Å². The van der Waals surface area contributed by atoms with Gasteiger partial charge in [0.1, 0.15) is 5.75 Å². The van der Waals surface area contributed by atoms with E-state index < -0.39 is 21.0 Å². The Labute approximate surface area is 144 Å². The van der Waals surface area contributed by atoms with Crippen LogP contribution in [0.1, 0.15) is 25.7 Å². The van der Waals surface area contributed by atoms with Crippen molar-refractivity contribution in [3.05, 3.63) is 28.2 Å². The average Bonchev–Trinajstić information content (AvgIpc) is 2.49. The zero-order chi connectivity index (χ0) is 15.2. The van der Waals surface area contributed by atoms with Gasteiger partial charge in [0.25, 0.3) is 5.91 Å². The molecule has 0 spiro atoms. The second kappa shape index (κ2) is 8.29. The summed E-state index contributed by atoms with van der Waals surface area (Å²) in [6, 6.07) is 5.15. The smallest absolute Gasteiger partial charge is 0.258 e. The second-order valence-electron chi connectivity index (χ2n) is 4.99. The zero-order valence-electron chi connectivity index (χ0n) is 11.4. The fourth-order valence-electron chi connectivity index (χ4n) is 2.29. The third-order valence-electron chi connectivity index (χ3n) is 3.44. The minimum atomic E-state index is -0.409. The molecule has 1 amide bonds. The molecule has 0 atom stereocenters. The highest BCUT2D eigenvalue weighted by molar-refractivity contribution is 14.1. The molecule has 1 fully saturated rings. The van der Waals surface area contributed by atoms with Gasteiger partial charge in [-0.15, -0.1) is 0 Å². The molecule has 2 N–H and O–H groups in total. The maximum absolute atomic E-state index is 11.9. The predicted molar refractivity (Wildman–Crippen MR) is 92.9 cm³/mol. The number of nitrogens with one attached hydrogen (secondary N) is 2. The number of hydrogen-bond donors (Lipinski definition) is 2. The normalized spacial score (nSPS) is 21.8. The number of halogens is 3. The highest BCUT2D eigenvalue weighted by Crippen LogP contribution is 2.28. The van der Waals surface area contributed by atoms with Gasteiger partial charge in [0.15, 0.2) is 6.61 Å². The first-order chi connectivity index (χ1) is 10.1. The molecule has 4 nitrogen and oxygen atoms in total. The first-order valence-electron chi connectivity index (χ1n) is 6.75. The summed E-state index contributed by atoms with van der Waals surface area (Å²) in [6.07, 6.45) is 4.08. The van der Waals surface area contributed by atoms with Crippen molar-refractivity contribution in [2.75, 3.05) is 6.61 Å². The molecule has 1 saturated carbocycles. The van der Waals surface area contributed by atoms with Crippen LogP contribution in [0.25, 0.3) is 0 Å². The molecule has 1 aromatic rings. The largest absolute Gasteiger partial charge is 0.484 e. The lowest BCUT2D eigenvalue weighted by Crippen LogP contribution is -2.40. The highest BCUT2D eigenvalue weighted by atomic mass is 127. The molecule has 1 aliphatic carbocycles. The highest BCUT2D eigenvalue weighted by Gasteiger charge is 2.21. The standard InChI is InChI=1S/C14H17Cl2IN2O2/c15-12-6-5-11(7-13(12)16)21-8-14(20)19-10-3-1-9(17-18)2-4-10/h5-7,9-10,18H,1-4,8H2,(H,19,20). The van der Waals surface area contributed by atoms with E-state index in [2.05, 4.69) is 5.32 Å². The third kappa shape index (κ3) is 5.38. The molecule has 0 aliphatic heterocycles. The van der Waals surface area contributed by atoms with E-state index >= 15 is 0 Å². The van der Waals surface area contributed by atoms with Gasteiger partial charge in [0, 0.05) is 16.0 Å². The van der Waals surface area contributed by atoms with E-state index in [1.54, 1.807) is 18.2 Å². The quantitative estimate of drug-likeness (QED) is 0.519. The topological polar surface area (TPSA) is 62.2 Å². The summed E-state index contributed by atoms with van der Waals surface area (Å²) in [4.78, 5) is 11.9. The average molecular weight is 443 g/mol. The Hall–Kier alpha value is -0.400. The van der Waals surface area contributed by atoms with Crippen molar-refractivity contribution in [2.45, 2.75) is 35.6 Å². The van der Waals surface area contributed by atoms with Crippen LogP contribution in [0, 0.1) is 3.56 Å². The Morgan fingerprint density at radius 1 is 1.29 bits per heavy atom. The van der Waals surface area contributed by atoms with Crippen LogP contribution in [0.15, 0.2) is 18.2 Å². The summed E-state index contributed by atoms with van der Waals surface area (Å²) in [6.45, 7) is -0.0245. The zero-order valence-corrected chi connectivity index (χ0v) is 15.0. The Bertz CT molecular complexity index is 520. The monoisotopic (exact) mass is 442 g/mol. The summed E-state index contributed by atoms with van der Waals surface area (Å²) in [7, 11) is 0. The van der Waals surface area contributed by atoms with Crippen LogP contribution in [-0.4, -0.2) is 22.5 Å². The number of rotatable bonds is 5. The number of carbonyl (C=O) groups excluding carboxylic acids is 1. The van der Waals surface area contributed by atoms with Gasteiger partial charge in [0.2, 0.25) is 0 Å². The molecule has 0 saturated heterocycles. The summed E-state index contributed by atoms with van der Waals surface area (Å²) in [5, 5.41) is 3.86. The molecule has 0 bridgehead atoms. The van der Waals surface area contributed by atoms with Crippen LogP contribution in [-0.2, 0) is 4.79 Å². The molecule has 0 heterocycles. The van der Waals surface area contributed by atoms with E-state index in [-0.39, 0.29) is 18.6 Å². The Morgan fingerprint density at radius 2 is 2.00 bits per heavy atom. The number of carbonyl (C=O) groups is 1. The number of ether oxygens (including phenoxy) is 1. The summed E-state index contributed by atoms with van der Waals surface area (Å²) < 4.78 is 13.5. The van der Waals surface area contributed by atoms with Crippen LogP contribution in [0.4, 0.5) is 0 Å². The number of alkyl halides is 1. The van der Waals surface area contributed by atoms with Gasteiger partial charge in [-0.1, -0.05) is 23.2 Å². The second-order valence-corrected chi connectivity index (χ2v) is 8.19. The molecule has 116 valence electrons. The number of hydrogen-bond acceptors (Lipinski definition) is 3. The Morgan fingerprint density at radius 3 is 2.62 bits per heavy atom. The van der Waals surface area contributed by atoms with E-state index in [4.69, 9.17) is 31.5 Å². The maximum atomic E-state index is 11.9. The van der Waals surface area contributed by atoms with Gasteiger partial charge < -0.3 is 10.1 Å². The van der Waals surface area contributed by atoms with E-state index in [0.29, 0.717) is 19.7 Å². The van der Waals surface area contributed by atoms with E-state index in [9.17, 15) is 4.79 Å². The van der Waals surface area contributed by atoms with Crippen LogP contribution in [0.3, 0.4) is 0 Å². The number of amides is 1. The third-order valence-corrected chi connectivity index (χ3v) is 6.30. The first-order valence-corrected chi connectivity index (χ1v) is 9.83. The summed E-state index contributed by atoms with van der Waals surface area (Å²) in [5.74, 6) is 0.410. The van der Waals surface area contributed by atoms with Crippen molar-refractivity contribution < 1.29 is 9.53 Å². The van der Waals surface area contributed by atoms with Gasteiger partial charge in [-0.2, -0.15) is 0 Å². The molecule has 0 aromatic heterocycles. The Kier molecular flexibility index (Phi) is 6.70. The van der Waals surface area contributed by atoms with Crippen molar-refractivity contribution in [3.8, 4) is 5.75 Å². The Balaban J connectivity index is 1.74. The van der Waals surface area contributed by atoms with Crippen LogP contribution in [0.5, 0.6) is 5.75 Å². The van der Waals surface area contributed by atoms with E-state index in [1.165, 1.54) is 0 Å². The first kappa shape index (κ1) is 17.0. The summed E-state index contributed by atoms with van der Waals surface area (Å²) >= 11 is 11.3. The molecule has 0 radical (unpaired) electrons. The minimum Gasteiger partial charge on any atom is -0.484 e. The van der Waals surface area contributed by atoms with Crippen molar-refractivity contribution in [3.63, 3.8) is 0 Å². The lowest BCUT2D eigenvalue weighted by molar-refractivity contribution is -0.124. The lowest BCUT2D eigenvalue weighted by Gasteiger charge is -2.26. The van der Waals surface area contributed by atoms with Crippen LogP contribution in [0.2, 0.25) is 10.0 Å². The van der Waals surface area contributed by atoms with Crippen LogP contribution >= 0.6 is 44.2 Å². The van der Waals surface area contributed by atoms with E-state index in [1.807, 2.05) is 0 Å². The van der Waals surface area contributed by atoms with Crippen LogP contribution < -0.4 is 10.1 Å². The SMILES string of the molecule is N=IC1CCC(NC(=O)COc2ccc(Cl)c(Cl)c2)CC1. The van der Waals surface area contributed by atoms with E-state index in [0.717, 1.165) is 25.7 Å². The molecule has 0 unspecified atom stereocenters. The molecule has 1 aliphatic rings. The summed E-state index contributed by atoms with van der Waals surface area (Å²) in [5.41, 5.74) is 0. The molecule has 21 heavy (non-hydrogen) atoms. The number of benzene rings is 1. The van der Waals surface area contributed by atoms with Crippen molar-refractivity contribution in [1.29, 1.82) is 3.56 Å². The van der Waals surface area contributed by atoms with Crippen molar-refractivity contribution in [1.82, 2.24) is 5.32 Å². The van der Waals surface area contributed by atoms with Gasteiger partial charge >= 0.3 is 0 Å². The molecular formula is C14H17Cl2IN2O2. The molecular weight excluding hydrogens is 426 g/mol. The lowest BCUT2D eigenvalue weighted by atomic mass is 9.95. The molecule has 2 rings (SSSR count). The fourth-order valence-corrected chi connectivity index (χ4v) is 3.92. The maximum Gasteiger partial charge on any atom is 0.258 e. The molecule has 1 aromatic carbocycles. The van der Waals surface area contributed by atoms with Gasteiger partial charge in [-0.05, 0) is 58.8 Å².